The molecule has 4 N–H and O–H groups in total. The van der Waals surface area contributed by atoms with Crippen molar-refractivity contribution in [3.8, 4) is 0 Å². The van der Waals surface area contributed by atoms with Gasteiger partial charge in [0.05, 0.1) is 0 Å². The molecule has 18 heavy (non-hydrogen) atoms. The molecule has 1 amide bonds. The second-order valence-electron chi connectivity index (χ2n) is 4.74. The van der Waals surface area contributed by atoms with E-state index in [2.05, 4.69) is 10.5 Å². The highest BCUT2D eigenvalue weighted by molar-refractivity contribution is 6.12. The number of benzene rings is 1. The van der Waals surface area contributed by atoms with E-state index in [1.165, 1.54) is 0 Å². The quantitative estimate of drug-likeness (QED) is 0.329. The second kappa shape index (κ2) is 4.68. The van der Waals surface area contributed by atoms with Crippen LogP contribution in [0.2, 0.25) is 0 Å². The summed E-state index contributed by atoms with van der Waals surface area (Å²) in [5.41, 5.74) is 6.65. The van der Waals surface area contributed by atoms with Crippen LogP contribution in [-0.2, 0) is 4.79 Å². The number of nitrogens with one attached hydrogen (secondary N) is 1. The van der Waals surface area contributed by atoms with Crippen LogP contribution >= 0.6 is 0 Å². The van der Waals surface area contributed by atoms with Crippen molar-refractivity contribution in [3.05, 3.63) is 29.8 Å². The molecule has 1 saturated carbocycles. The Morgan fingerprint density at radius 1 is 1.39 bits per heavy atom. The van der Waals surface area contributed by atoms with Crippen LogP contribution in [-0.4, -0.2) is 17.0 Å². The molecule has 0 saturated heterocycles. The van der Waals surface area contributed by atoms with Gasteiger partial charge in [0.25, 0.3) is 0 Å². The van der Waals surface area contributed by atoms with Gasteiger partial charge in [-0.15, -0.1) is 0 Å². The number of hydrogen-bond acceptors (Lipinski definition) is 3. The zero-order valence-electron chi connectivity index (χ0n) is 10.3. The molecule has 0 bridgehead atoms. The van der Waals surface area contributed by atoms with Gasteiger partial charge in [-0.05, 0) is 31.9 Å². The summed E-state index contributed by atoms with van der Waals surface area (Å²) in [4.78, 5) is 12.2. The van der Waals surface area contributed by atoms with E-state index >= 15 is 0 Å². The fourth-order valence-electron chi connectivity index (χ4n) is 2.11. The number of carbonyl (C=O) groups is 1. The Balaban J connectivity index is 2.14. The van der Waals surface area contributed by atoms with Crippen LogP contribution in [0.4, 0.5) is 5.69 Å². The summed E-state index contributed by atoms with van der Waals surface area (Å²) in [5.74, 6) is -0.203. The van der Waals surface area contributed by atoms with Crippen molar-refractivity contribution < 1.29 is 10.0 Å². The summed E-state index contributed by atoms with van der Waals surface area (Å²) >= 11 is 0. The van der Waals surface area contributed by atoms with E-state index in [9.17, 15) is 4.79 Å². The molecule has 0 atom stereocenters. The molecule has 5 heteroatoms. The van der Waals surface area contributed by atoms with Gasteiger partial charge in [0.1, 0.15) is 5.41 Å². The number of nitrogens with zero attached hydrogens (tertiary/aromatic N) is 1. The summed E-state index contributed by atoms with van der Waals surface area (Å²) in [7, 11) is 0. The number of anilines is 1. The molecule has 0 radical (unpaired) electrons. The maximum Gasteiger partial charge on any atom is 0.238 e. The maximum atomic E-state index is 12.2. The molecule has 5 nitrogen and oxygen atoms in total. The van der Waals surface area contributed by atoms with Crippen molar-refractivity contribution in [1.82, 2.24) is 0 Å². The molecule has 1 aromatic rings. The van der Waals surface area contributed by atoms with Crippen LogP contribution in [0.3, 0.4) is 0 Å². The predicted octanol–water partition coefficient (Wildman–Crippen LogP) is 1.85. The molecular formula is C13H17N3O2. The van der Waals surface area contributed by atoms with E-state index in [4.69, 9.17) is 10.9 Å². The first kappa shape index (κ1) is 12.4. The normalized spacial score (nSPS) is 17.9. The summed E-state index contributed by atoms with van der Waals surface area (Å²) in [5, 5.41) is 14.6. The number of carbonyl (C=O) groups excluding carboxylic acids is 1. The van der Waals surface area contributed by atoms with Crippen molar-refractivity contribution in [3.63, 3.8) is 0 Å². The average molecular weight is 247 g/mol. The topological polar surface area (TPSA) is 87.7 Å². The highest BCUT2D eigenvalue weighted by Crippen LogP contribution is 2.42. The molecule has 0 unspecified atom stereocenters. The molecular weight excluding hydrogens is 230 g/mol. The average Bonchev–Trinajstić information content (AvgIpc) is 2.30. The van der Waals surface area contributed by atoms with Crippen LogP contribution in [0.25, 0.3) is 0 Å². The van der Waals surface area contributed by atoms with Crippen molar-refractivity contribution in [1.29, 1.82) is 0 Å². The Morgan fingerprint density at radius 3 is 2.44 bits per heavy atom. The largest absolute Gasteiger partial charge is 0.409 e. The highest BCUT2D eigenvalue weighted by atomic mass is 16.4. The van der Waals surface area contributed by atoms with Crippen LogP contribution < -0.4 is 11.1 Å². The first-order chi connectivity index (χ1) is 8.58. The van der Waals surface area contributed by atoms with Gasteiger partial charge in [0, 0.05) is 5.69 Å². The summed E-state index contributed by atoms with van der Waals surface area (Å²) < 4.78 is 0. The summed E-state index contributed by atoms with van der Waals surface area (Å²) in [6, 6.07) is 7.52. The van der Waals surface area contributed by atoms with E-state index in [1.807, 2.05) is 31.2 Å². The molecule has 1 fully saturated rings. The Morgan fingerprint density at radius 2 is 2.00 bits per heavy atom. The lowest BCUT2D eigenvalue weighted by molar-refractivity contribution is -0.125. The molecule has 1 aliphatic rings. The molecule has 1 aromatic carbocycles. The predicted molar refractivity (Wildman–Crippen MR) is 69.5 cm³/mol. The van der Waals surface area contributed by atoms with Gasteiger partial charge in [0.15, 0.2) is 5.84 Å². The third kappa shape index (κ3) is 2.03. The number of amidine groups is 1. The third-order valence-electron chi connectivity index (χ3n) is 3.55. The Bertz CT molecular complexity index is 476. The molecule has 0 spiro atoms. The SMILES string of the molecule is Cc1ccc(NC(=O)C2(/C(N)=N/O)CCC2)cc1. The van der Waals surface area contributed by atoms with Gasteiger partial charge >= 0.3 is 0 Å². The minimum Gasteiger partial charge on any atom is -0.409 e. The first-order valence-corrected chi connectivity index (χ1v) is 5.94. The maximum absolute atomic E-state index is 12.2. The van der Waals surface area contributed by atoms with E-state index < -0.39 is 5.41 Å². The Labute approximate surface area is 106 Å². The number of aryl methyl sites for hydroxylation is 1. The third-order valence-corrected chi connectivity index (χ3v) is 3.55. The lowest BCUT2D eigenvalue weighted by atomic mass is 9.67. The van der Waals surface area contributed by atoms with Crippen LogP contribution in [0.15, 0.2) is 29.4 Å². The van der Waals surface area contributed by atoms with E-state index in [-0.39, 0.29) is 11.7 Å². The monoisotopic (exact) mass is 247 g/mol. The smallest absolute Gasteiger partial charge is 0.238 e. The van der Waals surface area contributed by atoms with Crippen LogP contribution in [0.5, 0.6) is 0 Å². The van der Waals surface area contributed by atoms with Crippen molar-refractivity contribution >= 4 is 17.4 Å². The standard InChI is InChI=1S/C13H17N3O2/c1-9-3-5-10(6-4-9)15-12(17)13(7-2-8-13)11(14)16-18/h3-6,18H,2,7-8H2,1H3,(H2,14,16)(H,15,17). The highest BCUT2D eigenvalue weighted by Gasteiger charge is 2.48. The van der Waals surface area contributed by atoms with Crippen LogP contribution in [0.1, 0.15) is 24.8 Å². The van der Waals surface area contributed by atoms with E-state index in [0.717, 1.165) is 17.7 Å². The number of rotatable bonds is 3. The van der Waals surface area contributed by atoms with Gasteiger partial charge in [-0.3, -0.25) is 4.79 Å². The molecule has 0 aliphatic heterocycles. The van der Waals surface area contributed by atoms with Gasteiger partial charge in [-0.25, -0.2) is 0 Å². The second-order valence-corrected chi connectivity index (χ2v) is 4.74. The lowest BCUT2D eigenvalue weighted by Gasteiger charge is -2.38. The first-order valence-electron chi connectivity index (χ1n) is 5.94. The van der Waals surface area contributed by atoms with Gasteiger partial charge in [0.2, 0.25) is 5.91 Å². The lowest BCUT2D eigenvalue weighted by Crippen LogP contribution is -2.51. The minimum atomic E-state index is -0.834. The summed E-state index contributed by atoms with van der Waals surface area (Å²) in [6.45, 7) is 1.98. The number of nitrogens with two attached hydrogens (primary N) is 1. The molecule has 0 heterocycles. The van der Waals surface area contributed by atoms with Gasteiger partial charge in [-0.1, -0.05) is 29.3 Å². The number of hydrogen-bond donors (Lipinski definition) is 3. The Hall–Kier alpha value is -2.04. The van der Waals surface area contributed by atoms with Crippen molar-refractivity contribution in [2.45, 2.75) is 26.2 Å². The summed E-state index contributed by atoms with van der Waals surface area (Å²) in [6.07, 6.45) is 2.17. The number of amides is 1. The fourth-order valence-corrected chi connectivity index (χ4v) is 2.11. The van der Waals surface area contributed by atoms with Crippen LogP contribution in [0, 0.1) is 12.3 Å². The zero-order chi connectivity index (χ0) is 13.2. The minimum absolute atomic E-state index is 0.00152. The van der Waals surface area contributed by atoms with Crippen molar-refractivity contribution in [2.75, 3.05) is 5.32 Å². The molecule has 0 aromatic heterocycles. The van der Waals surface area contributed by atoms with E-state index in [0.29, 0.717) is 12.8 Å². The van der Waals surface area contributed by atoms with E-state index in [1.54, 1.807) is 0 Å². The number of oxime groups is 1. The molecule has 1 aliphatic carbocycles. The zero-order valence-corrected chi connectivity index (χ0v) is 10.3. The molecule has 2 rings (SSSR count). The fraction of sp³-hybridized carbons (Fsp3) is 0.385. The Kier molecular flexibility index (Phi) is 3.23. The van der Waals surface area contributed by atoms with Crippen molar-refractivity contribution in [2.24, 2.45) is 16.3 Å². The molecule has 96 valence electrons. The van der Waals surface area contributed by atoms with Gasteiger partial charge in [-0.2, -0.15) is 0 Å². The van der Waals surface area contributed by atoms with Gasteiger partial charge < -0.3 is 16.3 Å².